The van der Waals surface area contributed by atoms with Crippen molar-refractivity contribution in [2.24, 2.45) is 21.8 Å². The van der Waals surface area contributed by atoms with E-state index in [-0.39, 0.29) is 35.7 Å². The van der Waals surface area contributed by atoms with Crippen LogP contribution >= 0.6 is 23.5 Å². The Hall–Kier alpha value is -2.72. The monoisotopic (exact) mass is 554 g/mol. The van der Waals surface area contributed by atoms with Gasteiger partial charge in [0.15, 0.2) is 10.3 Å². The largest absolute Gasteiger partial charge is 0.304 e. The number of hydrogen-bond donors (Lipinski definition) is 2. The van der Waals surface area contributed by atoms with Crippen molar-refractivity contribution in [2.75, 3.05) is 0 Å². The van der Waals surface area contributed by atoms with E-state index < -0.39 is 9.49 Å². The molecule has 0 aromatic carbocycles. The number of pyridine rings is 2. The average molecular weight is 555 g/mol. The first-order valence-corrected chi connectivity index (χ1v) is 14.5. The van der Waals surface area contributed by atoms with E-state index in [1.807, 2.05) is 64.1 Å². The van der Waals surface area contributed by atoms with Crippen molar-refractivity contribution in [3.8, 4) is 0 Å². The maximum absolute atomic E-state index is 12.0. The molecule has 2 saturated heterocycles. The molecule has 8 nitrogen and oxygen atoms in total. The minimum atomic E-state index is -0.428. The number of aliphatic imine (C=N–C) groups is 2. The first kappa shape index (κ1) is 29.8. The van der Waals surface area contributed by atoms with Crippen molar-refractivity contribution >= 4 is 45.7 Å². The maximum Gasteiger partial charge on any atom is 0.242 e. The number of carbonyl (C=O) groups is 2. The Bertz CT molecular complexity index is 1090. The van der Waals surface area contributed by atoms with Gasteiger partial charge in [0.05, 0.1) is 23.5 Å². The summed E-state index contributed by atoms with van der Waals surface area (Å²) in [4.78, 5) is 41.8. The van der Waals surface area contributed by atoms with Gasteiger partial charge in [-0.2, -0.15) is 0 Å². The Kier molecular flexibility index (Phi) is 9.75. The summed E-state index contributed by atoms with van der Waals surface area (Å²) in [6.45, 7) is 16.1. The molecule has 2 aliphatic heterocycles. The molecule has 0 radical (unpaired) electrons. The summed E-state index contributed by atoms with van der Waals surface area (Å²) < 4.78 is -0.856. The second-order valence-corrected chi connectivity index (χ2v) is 13.2. The van der Waals surface area contributed by atoms with Crippen molar-refractivity contribution in [2.45, 2.75) is 77.0 Å². The van der Waals surface area contributed by atoms with Crippen LogP contribution in [0.5, 0.6) is 0 Å². The predicted octanol–water partition coefficient (Wildman–Crippen LogP) is 5.55. The van der Waals surface area contributed by atoms with Crippen LogP contribution in [0.4, 0.5) is 0 Å². The van der Waals surface area contributed by atoms with Crippen LogP contribution in [0.1, 0.15) is 78.9 Å². The van der Waals surface area contributed by atoms with Gasteiger partial charge in [0, 0.05) is 12.4 Å². The zero-order chi connectivity index (χ0) is 28.1. The zero-order valence-electron chi connectivity index (χ0n) is 23.4. The number of nitrogens with zero attached hydrogens (tertiary/aromatic N) is 4. The molecule has 204 valence electrons. The highest BCUT2D eigenvalue weighted by Gasteiger charge is 2.46. The van der Waals surface area contributed by atoms with Crippen LogP contribution in [-0.4, -0.2) is 41.6 Å². The average Bonchev–Trinajstić information content (AvgIpc) is 3.35. The molecular weight excluding hydrogens is 516 g/mol. The highest BCUT2D eigenvalue weighted by molar-refractivity contribution is 8.16. The fraction of sp³-hybridized carbons (Fsp3) is 0.500. The number of amides is 2. The summed E-state index contributed by atoms with van der Waals surface area (Å²) in [7, 11) is 0. The molecule has 4 heterocycles. The molecule has 0 unspecified atom stereocenters. The van der Waals surface area contributed by atoms with Crippen LogP contribution in [0, 0.1) is 11.8 Å². The summed E-state index contributed by atoms with van der Waals surface area (Å²) in [5.74, 6) is 0.602. The minimum Gasteiger partial charge on any atom is -0.304 e. The van der Waals surface area contributed by atoms with Gasteiger partial charge in [0.1, 0.15) is 9.49 Å². The Morgan fingerprint density at radius 2 is 1.05 bits per heavy atom. The molecule has 0 bridgehead atoms. The molecule has 4 atom stereocenters. The van der Waals surface area contributed by atoms with E-state index in [1.165, 1.54) is 23.5 Å². The van der Waals surface area contributed by atoms with Crippen molar-refractivity contribution in [3.05, 3.63) is 60.2 Å². The molecule has 2 fully saturated rings. The molecule has 38 heavy (non-hydrogen) atoms. The fourth-order valence-corrected chi connectivity index (χ4v) is 5.87. The van der Waals surface area contributed by atoms with E-state index in [1.54, 1.807) is 12.4 Å². The summed E-state index contributed by atoms with van der Waals surface area (Å²) in [6, 6.07) is 11.4. The van der Waals surface area contributed by atoms with E-state index in [4.69, 9.17) is 0 Å². The van der Waals surface area contributed by atoms with Crippen molar-refractivity contribution in [1.29, 1.82) is 0 Å². The molecule has 2 aromatic rings. The summed E-state index contributed by atoms with van der Waals surface area (Å²) in [5.41, 5.74) is 1.81. The zero-order valence-corrected chi connectivity index (χ0v) is 25.0. The highest BCUT2D eigenvalue weighted by Crippen LogP contribution is 2.39. The van der Waals surface area contributed by atoms with Gasteiger partial charge in [-0.25, -0.2) is 0 Å². The lowest BCUT2D eigenvalue weighted by atomic mass is 9.96. The topological polar surface area (TPSA) is 109 Å². The van der Waals surface area contributed by atoms with E-state index >= 15 is 0 Å². The molecule has 4 rings (SSSR count). The van der Waals surface area contributed by atoms with Crippen LogP contribution < -0.4 is 10.6 Å². The first-order valence-electron chi connectivity index (χ1n) is 12.8. The normalized spacial score (nSPS) is 26.8. The summed E-state index contributed by atoms with van der Waals surface area (Å²) in [5, 5.41) is 7.13. The van der Waals surface area contributed by atoms with Gasteiger partial charge in [-0.3, -0.25) is 29.5 Å². The van der Waals surface area contributed by atoms with E-state index in [2.05, 4.69) is 58.3 Å². The van der Waals surface area contributed by atoms with Crippen LogP contribution in [-0.2, 0) is 9.59 Å². The standard InChI is InChI=1S/2C14H19N3OS/c2*1-9(2)14(4)12(18)17-13(19-14)16-10(3)11-7-5-6-8-15-11/h2*5-10H,1-4H3,(H,16,17,18)/t2*10-,14-/m10/s1. The third kappa shape index (κ3) is 6.83. The van der Waals surface area contributed by atoms with Crippen molar-refractivity contribution < 1.29 is 9.59 Å². The van der Waals surface area contributed by atoms with E-state index in [9.17, 15) is 9.59 Å². The number of rotatable bonds is 6. The number of amidine groups is 2. The Morgan fingerprint density at radius 1 is 0.684 bits per heavy atom. The Balaban J connectivity index is 0.000000211. The lowest BCUT2D eigenvalue weighted by Gasteiger charge is -2.22. The third-order valence-corrected chi connectivity index (χ3v) is 9.98. The molecule has 2 aromatic heterocycles. The molecule has 0 aliphatic carbocycles. The van der Waals surface area contributed by atoms with Crippen LogP contribution in [0.3, 0.4) is 0 Å². The maximum atomic E-state index is 12.0. The quantitative estimate of drug-likeness (QED) is 0.484. The summed E-state index contributed by atoms with van der Waals surface area (Å²) >= 11 is 3.03. The molecule has 0 saturated carbocycles. The third-order valence-electron chi connectivity index (χ3n) is 7.02. The summed E-state index contributed by atoms with van der Waals surface area (Å²) in [6.07, 6.45) is 3.51. The lowest BCUT2D eigenvalue weighted by Crippen LogP contribution is -2.38. The SMILES string of the molecule is CC(C)[C@@]1(C)SC(=N[C@H](C)c2ccccn2)NC1=O.CC(C)[C@]1(C)SC(=N[C@@H](C)c2ccccn2)NC1=O. The Labute approximate surface area is 234 Å². The predicted molar refractivity (Wildman–Crippen MR) is 158 cm³/mol. The van der Waals surface area contributed by atoms with Crippen molar-refractivity contribution in [1.82, 2.24) is 20.6 Å². The molecule has 0 spiro atoms. The number of thioether (sulfide) groups is 2. The van der Waals surface area contributed by atoms with E-state index in [0.717, 1.165) is 11.4 Å². The second-order valence-electron chi connectivity index (χ2n) is 10.4. The number of aromatic nitrogens is 2. The van der Waals surface area contributed by atoms with Gasteiger partial charge in [0.25, 0.3) is 0 Å². The van der Waals surface area contributed by atoms with Gasteiger partial charge >= 0.3 is 0 Å². The van der Waals surface area contributed by atoms with Gasteiger partial charge in [0.2, 0.25) is 11.8 Å². The molecule has 2 aliphatic rings. The van der Waals surface area contributed by atoms with Gasteiger partial charge in [-0.15, -0.1) is 0 Å². The molecule has 2 N–H and O–H groups in total. The number of hydrogen-bond acceptors (Lipinski definition) is 8. The van der Waals surface area contributed by atoms with Crippen LogP contribution in [0.25, 0.3) is 0 Å². The smallest absolute Gasteiger partial charge is 0.242 e. The molecule has 10 heteroatoms. The van der Waals surface area contributed by atoms with Crippen molar-refractivity contribution in [3.63, 3.8) is 0 Å². The van der Waals surface area contributed by atoms with E-state index in [0.29, 0.717) is 10.3 Å². The lowest BCUT2D eigenvalue weighted by molar-refractivity contribution is -0.122. The highest BCUT2D eigenvalue weighted by atomic mass is 32.2. The van der Waals surface area contributed by atoms with Crippen LogP contribution in [0.2, 0.25) is 0 Å². The van der Waals surface area contributed by atoms with Crippen LogP contribution in [0.15, 0.2) is 58.8 Å². The fourth-order valence-electron chi connectivity index (χ4n) is 3.60. The van der Waals surface area contributed by atoms with Gasteiger partial charge in [-0.05, 0) is 63.8 Å². The van der Waals surface area contributed by atoms with Gasteiger partial charge < -0.3 is 10.6 Å². The number of carbonyl (C=O) groups excluding carboxylic acids is 2. The minimum absolute atomic E-state index is 0.0412. The Morgan fingerprint density at radius 3 is 1.32 bits per heavy atom. The molecule has 2 amide bonds. The number of nitrogens with one attached hydrogen (secondary N) is 2. The molecular formula is C28H38N6O2S2. The first-order chi connectivity index (χ1) is 17.9. The second kappa shape index (κ2) is 12.4. The van der Waals surface area contributed by atoms with Gasteiger partial charge in [-0.1, -0.05) is 63.4 Å².